The van der Waals surface area contributed by atoms with Crippen LogP contribution in [0.25, 0.3) is 34.2 Å². The Balaban J connectivity index is 1.43. The number of carbonyl (C=O) groups excluding carboxylic acids is 1. The Labute approximate surface area is 221 Å². The Morgan fingerprint density at radius 3 is 2.56 bits per heavy atom. The molecule has 0 radical (unpaired) electrons. The van der Waals surface area contributed by atoms with Gasteiger partial charge in [-0.05, 0) is 36.8 Å². The quantitative estimate of drug-likeness (QED) is 0.122. The molecule has 1 aliphatic heterocycles. The number of hydrogen-bond acceptors (Lipinski definition) is 5. The number of amides is 1. The van der Waals surface area contributed by atoms with E-state index in [4.69, 9.17) is 21.7 Å². The number of unbranched alkanes of at least 4 members (excludes halogenated alkanes) is 5. The van der Waals surface area contributed by atoms with E-state index < -0.39 is 0 Å². The molecule has 0 spiro atoms. The lowest BCUT2D eigenvalue weighted by atomic mass is 10.1. The third kappa shape index (κ3) is 5.32. The van der Waals surface area contributed by atoms with Crippen LogP contribution in [0.2, 0.25) is 0 Å². The van der Waals surface area contributed by atoms with Crippen molar-refractivity contribution in [2.75, 3.05) is 6.54 Å². The summed E-state index contributed by atoms with van der Waals surface area (Å²) in [6.45, 7) is 2.89. The van der Waals surface area contributed by atoms with Gasteiger partial charge in [0.1, 0.15) is 15.6 Å². The van der Waals surface area contributed by atoms with Crippen molar-refractivity contribution in [1.82, 2.24) is 14.7 Å². The second-order valence-electron chi connectivity index (χ2n) is 8.96. The van der Waals surface area contributed by atoms with Crippen LogP contribution in [0.3, 0.4) is 0 Å². The van der Waals surface area contributed by atoms with Crippen LogP contribution in [0.5, 0.6) is 0 Å². The van der Waals surface area contributed by atoms with E-state index in [1.807, 2.05) is 77.6 Å². The normalized spacial score (nSPS) is 15.0. The van der Waals surface area contributed by atoms with Crippen LogP contribution in [0.4, 0.5) is 0 Å². The number of rotatable bonds is 10. The van der Waals surface area contributed by atoms with Crippen molar-refractivity contribution in [3.63, 3.8) is 0 Å². The zero-order valence-corrected chi connectivity index (χ0v) is 22.0. The monoisotopic (exact) mass is 515 g/mol. The lowest BCUT2D eigenvalue weighted by Gasteiger charge is -2.13. The molecule has 0 bridgehead atoms. The Bertz CT molecular complexity index is 1370. The van der Waals surface area contributed by atoms with Crippen LogP contribution in [-0.4, -0.2) is 31.5 Å². The molecule has 0 aliphatic carbocycles. The van der Waals surface area contributed by atoms with Crippen LogP contribution in [0.1, 0.15) is 51.0 Å². The fraction of sp³-hybridized carbons (Fsp3) is 0.276. The minimum atomic E-state index is -0.0263. The third-order valence-electron chi connectivity index (χ3n) is 6.32. The van der Waals surface area contributed by atoms with Crippen LogP contribution in [-0.2, 0) is 4.79 Å². The van der Waals surface area contributed by atoms with Gasteiger partial charge < -0.3 is 4.42 Å². The maximum absolute atomic E-state index is 13.3. The first-order valence-electron chi connectivity index (χ1n) is 12.5. The minimum Gasteiger partial charge on any atom is -0.454 e. The fourth-order valence-electron chi connectivity index (χ4n) is 4.38. The Kier molecular flexibility index (Phi) is 7.68. The number of fused-ring (bicyclic) bond motifs is 1. The van der Waals surface area contributed by atoms with E-state index in [1.165, 1.54) is 37.4 Å². The molecule has 0 N–H and O–H groups in total. The van der Waals surface area contributed by atoms with E-state index in [0.717, 1.165) is 35.1 Å². The van der Waals surface area contributed by atoms with E-state index >= 15 is 0 Å². The largest absolute Gasteiger partial charge is 0.454 e. The van der Waals surface area contributed by atoms with Gasteiger partial charge in [-0.3, -0.25) is 9.69 Å². The lowest BCUT2D eigenvalue weighted by molar-refractivity contribution is -0.122. The SMILES string of the molecule is CCCCCCCCN1C(=O)/C(=C/c2cn(-c3ccccc3)nc2-c2cc3ccccc3o2)SC1=S. The summed E-state index contributed by atoms with van der Waals surface area (Å²) >= 11 is 6.93. The molecule has 1 saturated heterocycles. The molecule has 4 aromatic rings. The van der Waals surface area contributed by atoms with Gasteiger partial charge in [-0.25, -0.2) is 4.68 Å². The molecule has 7 heteroatoms. The average Bonchev–Trinajstić information content (AvgIpc) is 3.58. The molecule has 1 amide bonds. The molecular formula is C29H29N3O2S2. The first-order chi connectivity index (χ1) is 17.6. The summed E-state index contributed by atoms with van der Waals surface area (Å²) in [4.78, 5) is 15.6. The predicted molar refractivity (Wildman–Crippen MR) is 152 cm³/mol. The minimum absolute atomic E-state index is 0.0263. The van der Waals surface area contributed by atoms with E-state index in [0.29, 0.717) is 27.2 Å². The topological polar surface area (TPSA) is 51.3 Å². The second kappa shape index (κ2) is 11.3. The van der Waals surface area contributed by atoms with Gasteiger partial charge in [0, 0.05) is 23.7 Å². The number of nitrogens with zero attached hydrogens (tertiary/aromatic N) is 3. The maximum Gasteiger partial charge on any atom is 0.266 e. The van der Waals surface area contributed by atoms with E-state index in [2.05, 4.69) is 6.92 Å². The number of thioether (sulfide) groups is 1. The Morgan fingerprint density at radius 2 is 1.75 bits per heavy atom. The number of thiocarbonyl (C=S) groups is 1. The van der Waals surface area contributed by atoms with Gasteiger partial charge in [-0.2, -0.15) is 5.10 Å². The average molecular weight is 516 g/mol. The van der Waals surface area contributed by atoms with Gasteiger partial charge in [0.2, 0.25) is 0 Å². The number of benzene rings is 2. The van der Waals surface area contributed by atoms with Gasteiger partial charge in [0.15, 0.2) is 5.76 Å². The first-order valence-corrected chi connectivity index (χ1v) is 13.8. The van der Waals surface area contributed by atoms with Gasteiger partial charge in [-0.1, -0.05) is 99.4 Å². The summed E-state index contributed by atoms with van der Waals surface area (Å²) in [6.07, 6.45) is 10.9. The van der Waals surface area contributed by atoms with E-state index in [-0.39, 0.29) is 5.91 Å². The summed E-state index contributed by atoms with van der Waals surface area (Å²) in [5, 5.41) is 5.86. The molecule has 0 saturated carbocycles. The van der Waals surface area contributed by atoms with Crippen molar-refractivity contribution in [2.24, 2.45) is 0 Å². The first kappa shape index (κ1) is 24.5. The van der Waals surface area contributed by atoms with Crippen molar-refractivity contribution in [3.8, 4) is 17.1 Å². The van der Waals surface area contributed by atoms with Crippen LogP contribution in [0.15, 0.2) is 76.2 Å². The Morgan fingerprint density at radius 1 is 1.00 bits per heavy atom. The van der Waals surface area contributed by atoms with Gasteiger partial charge >= 0.3 is 0 Å². The highest BCUT2D eigenvalue weighted by Crippen LogP contribution is 2.36. The molecule has 2 aromatic heterocycles. The fourth-order valence-corrected chi connectivity index (χ4v) is 5.68. The highest BCUT2D eigenvalue weighted by molar-refractivity contribution is 8.26. The summed E-state index contributed by atoms with van der Waals surface area (Å²) in [5.41, 5.74) is 3.25. The van der Waals surface area contributed by atoms with E-state index in [1.54, 1.807) is 4.90 Å². The van der Waals surface area contributed by atoms with Gasteiger partial charge in [0.25, 0.3) is 5.91 Å². The molecule has 36 heavy (non-hydrogen) atoms. The van der Waals surface area contributed by atoms with Crippen molar-refractivity contribution >= 4 is 51.3 Å². The third-order valence-corrected chi connectivity index (χ3v) is 7.70. The molecule has 2 aromatic carbocycles. The molecule has 184 valence electrons. The van der Waals surface area contributed by atoms with Gasteiger partial charge in [0.05, 0.1) is 10.6 Å². The molecule has 1 aliphatic rings. The molecule has 1 fully saturated rings. The molecule has 0 atom stereocenters. The highest BCUT2D eigenvalue weighted by Gasteiger charge is 2.32. The highest BCUT2D eigenvalue weighted by atomic mass is 32.2. The van der Waals surface area contributed by atoms with E-state index in [9.17, 15) is 4.79 Å². The summed E-state index contributed by atoms with van der Waals surface area (Å²) in [7, 11) is 0. The van der Waals surface area contributed by atoms with Crippen LogP contribution >= 0.6 is 24.0 Å². The van der Waals surface area contributed by atoms with Crippen molar-refractivity contribution < 1.29 is 9.21 Å². The summed E-state index contributed by atoms with van der Waals surface area (Å²) in [5.74, 6) is 0.640. The molecular weight excluding hydrogens is 486 g/mol. The second-order valence-corrected chi connectivity index (χ2v) is 10.6. The van der Waals surface area contributed by atoms with Crippen molar-refractivity contribution in [2.45, 2.75) is 45.4 Å². The molecule has 3 heterocycles. The number of aromatic nitrogens is 2. The van der Waals surface area contributed by atoms with Crippen molar-refractivity contribution in [3.05, 3.63) is 77.3 Å². The molecule has 5 nitrogen and oxygen atoms in total. The zero-order chi connectivity index (χ0) is 24.9. The summed E-state index contributed by atoms with van der Waals surface area (Å²) < 4.78 is 8.59. The lowest BCUT2D eigenvalue weighted by Crippen LogP contribution is -2.29. The van der Waals surface area contributed by atoms with Crippen LogP contribution in [0, 0.1) is 0 Å². The maximum atomic E-state index is 13.3. The number of furan rings is 1. The zero-order valence-electron chi connectivity index (χ0n) is 20.4. The number of hydrogen-bond donors (Lipinski definition) is 0. The van der Waals surface area contributed by atoms with Gasteiger partial charge in [-0.15, -0.1) is 0 Å². The number of carbonyl (C=O) groups is 1. The Hall–Kier alpha value is -3.16. The smallest absolute Gasteiger partial charge is 0.266 e. The molecule has 0 unspecified atom stereocenters. The van der Waals surface area contributed by atoms with Crippen LogP contribution < -0.4 is 0 Å². The predicted octanol–water partition coefficient (Wildman–Crippen LogP) is 7.85. The van der Waals surface area contributed by atoms with Crippen molar-refractivity contribution in [1.29, 1.82) is 0 Å². The number of para-hydroxylation sites is 2. The standard InChI is InChI=1S/C29H29N3O2S2/c1-2-3-4-5-6-12-17-31-28(33)26(36-29(31)35)19-22-20-32(23-14-8-7-9-15-23)30-27(22)25-18-21-13-10-11-16-24(21)34-25/h7-11,13-16,18-20H,2-6,12,17H2,1H3/b26-19-. The molecule has 5 rings (SSSR count). The summed E-state index contributed by atoms with van der Waals surface area (Å²) in [6, 6.07) is 19.8.